The Hall–Kier alpha value is -2.72. The average Bonchev–Trinajstić information content (AvgIpc) is 2.67. The Morgan fingerprint density at radius 2 is 1.65 bits per heavy atom. The number of thioether (sulfide) groups is 1. The maximum Gasteiger partial charge on any atom is 0.335 e. The largest absolute Gasteiger partial charge is 0.508 e. The summed E-state index contributed by atoms with van der Waals surface area (Å²) in [5, 5.41) is 19.6. The number of rotatable bonds is 6. The molecule has 3 aromatic carbocycles. The van der Waals surface area contributed by atoms with E-state index in [4.69, 9.17) is 0 Å². The molecule has 0 saturated carbocycles. The van der Waals surface area contributed by atoms with Crippen LogP contribution in [0.3, 0.4) is 0 Å². The molecule has 2 N–H and O–H groups in total. The van der Waals surface area contributed by atoms with E-state index in [1.54, 1.807) is 36.0 Å². The van der Waals surface area contributed by atoms with Crippen LogP contribution in [-0.4, -0.2) is 21.9 Å². The fourth-order valence-corrected chi connectivity index (χ4v) is 4.13. The van der Waals surface area contributed by atoms with Crippen LogP contribution in [0.1, 0.15) is 33.7 Å². The van der Waals surface area contributed by atoms with Gasteiger partial charge in [-0.15, -0.1) is 11.8 Å². The molecule has 0 amide bonds. The molecule has 0 aromatic heterocycles. The van der Waals surface area contributed by atoms with Crippen molar-refractivity contribution in [2.24, 2.45) is 0 Å². The van der Waals surface area contributed by atoms with Gasteiger partial charge in [-0.05, 0) is 40.6 Å². The first-order valence-electron chi connectivity index (χ1n) is 8.44. The highest BCUT2D eigenvalue weighted by molar-refractivity contribution is 7.99. The van der Waals surface area contributed by atoms with Crippen molar-refractivity contribution in [2.45, 2.75) is 12.2 Å². The maximum absolute atomic E-state index is 11.3. The molecule has 3 aromatic rings. The van der Waals surface area contributed by atoms with Crippen molar-refractivity contribution in [1.82, 2.24) is 0 Å². The summed E-state index contributed by atoms with van der Waals surface area (Å²) in [6, 6.07) is 22.3. The summed E-state index contributed by atoms with van der Waals surface area (Å²) in [7, 11) is 0. The molecule has 26 heavy (non-hydrogen) atoms. The zero-order valence-electron chi connectivity index (χ0n) is 14.4. The van der Waals surface area contributed by atoms with Crippen LogP contribution in [-0.2, 0) is 0 Å². The Bertz CT molecular complexity index is 921. The molecule has 3 rings (SSSR count). The molecule has 0 fully saturated rings. The van der Waals surface area contributed by atoms with E-state index in [-0.39, 0.29) is 16.6 Å². The Morgan fingerprint density at radius 3 is 2.35 bits per heavy atom. The number of aromatic hydroxyl groups is 1. The van der Waals surface area contributed by atoms with Crippen molar-refractivity contribution in [2.75, 3.05) is 5.75 Å². The van der Waals surface area contributed by atoms with Crippen LogP contribution >= 0.6 is 11.8 Å². The lowest BCUT2D eigenvalue weighted by molar-refractivity contribution is 0.0697. The molecule has 0 aliphatic rings. The third kappa shape index (κ3) is 3.75. The minimum atomic E-state index is -0.940. The SMILES string of the molecule is CCSC(c1ccccc1O)c1ccccc1-c1cccc(C(=O)O)c1. The van der Waals surface area contributed by atoms with E-state index >= 15 is 0 Å². The summed E-state index contributed by atoms with van der Waals surface area (Å²) in [5.41, 5.74) is 4.02. The zero-order chi connectivity index (χ0) is 18.5. The van der Waals surface area contributed by atoms with Gasteiger partial charge in [-0.2, -0.15) is 0 Å². The number of carbonyl (C=O) groups is 1. The van der Waals surface area contributed by atoms with Gasteiger partial charge in [0.1, 0.15) is 5.75 Å². The third-order valence-corrected chi connectivity index (χ3v) is 5.39. The van der Waals surface area contributed by atoms with Crippen molar-refractivity contribution >= 4 is 17.7 Å². The lowest BCUT2D eigenvalue weighted by Crippen LogP contribution is -2.01. The van der Waals surface area contributed by atoms with E-state index < -0.39 is 5.97 Å². The van der Waals surface area contributed by atoms with Crippen LogP contribution in [0.25, 0.3) is 11.1 Å². The summed E-state index contributed by atoms with van der Waals surface area (Å²) in [5.74, 6) is 0.222. The summed E-state index contributed by atoms with van der Waals surface area (Å²) in [6.07, 6.45) is 0. The molecule has 0 aliphatic heterocycles. The van der Waals surface area contributed by atoms with Crippen molar-refractivity contribution in [1.29, 1.82) is 0 Å². The summed E-state index contributed by atoms with van der Waals surface area (Å²) < 4.78 is 0. The fourth-order valence-electron chi connectivity index (χ4n) is 3.03. The quantitative estimate of drug-likeness (QED) is 0.598. The minimum absolute atomic E-state index is 0.0362. The zero-order valence-corrected chi connectivity index (χ0v) is 15.2. The number of hydrogen-bond acceptors (Lipinski definition) is 3. The highest BCUT2D eigenvalue weighted by Crippen LogP contribution is 2.43. The summed E-state index contributed by atoms with van der Waals surface area (Å²) in [6.45, 7) is 2.09. The first-order valence-corrected chi connectivity index (χ1v) is 9.48. The molecule has 0 aliphatic carbocycles. The molecule has 0 heterocycles. The summed E-state index contributed by atoms with van der Waals surface area (Å²) in [4.78, 5) is 11.3. The van der Waals surface area contributed by atoms with Crippen molar-refractivity contribution in [3.63, 3.8) is 0 Å². The second-order valence-electron chi connectivity index (χ2n) is 5.87. The molecular formula is C22H20O3S. The predicted molar refractivity (Wildman–Crippen MR) is 107 cm³/mol. The van der Waals surface area contributed by atoms with E-state index in [0.29, 0.717) is 0 Å². The Labute approximate surface area is 157 Å². The standard InChI is InChI=1S/C22H20O3S/c1-2-26-21(19-12-5-6-13-20(19)23)18-11-4-3-10-17(18)15-8-7-9-16(14-15)22(24)25/h3-14,21,23H,2H2,1H3,(H,24,25). The van der Waals surface area contributed by atoms with Gasteiger partial charge in [-0.1, -0.05) is 61.5 Å². The molecule has 1 unspecified atom stereocenters. The second-order valence-corrected chi connectivity index (χ2v) is 7.25. The smallest absolute Gasteiger partial charge is 0.335 e. The van der Waals surface area contributed by atoms with Crippen LogP contribution in [0, 0.1) is 0 Å². The number of phenolic OH excluding ortho intramolecular Hbond substituents is 1. The molecule has 1 atom stereocenters. The Kier molecular flexibility index (Phi) is 5.64. The first-order chi connectivity index (χ1) is 12.6. The number of para-hydroxylation sites is 1. The Morgan fingerprint density at radius 1 is 0.962 bits per heavy atom. The van der Waals surface area contributed by atoms with Gasteiger partial charge in [0.2, 0.25) is 0 Å². The van der Waals surface area contributed by atoms with E-state index in [9.17, 15) is 15.0 Å². The lowest BCUT2D eigenvalue weighted by Gasteiger charge is -2.21. The van der Waals surface area contributed by atoms with E-state index in [1.165, 1.54) is 0 Å². The number of phenols is 1. The van der Waals surface area contributed by atoms with Crippen molar-refractivity contribution in [3.8, 4) is 16.9 Å². The van der Waals surface area contributed by atoms with Gasteiger partial charge in [0, 0.05) is 5.56 Å². The summed E-state index contributed by atoms with van der Waals surface area (Å²) >= 11 is 1.74. The van der Waals surface area contributed by atoms with Gasteiger partial charge < -0.3 is 10.2 Å². The third-order valence-electron chi connectivity index (χ3n) is 4.22. The molecule has 0 saturated heterocycles. The van der Waals surface area contributed by atoms with Crippen molar-refractivity contribution in [3.05, 3.63) is 89.5 Å². The number of benzene rings is 3. The van der Waals surface area contributed by atoms with Crippen LogP contribution in [0.15, 0.2) is 72.8 Å². The van der Waals surface area contributed by atoms with Crippen LogP contribution < -0.4 is 0 Å². The van der Waals surface area contributed by atoms with Crippen LogP contribution in [0.5, 0.6) is 5.75 Å². The number of hydrogen-bond donors (Lipinski definition) is 2. The highest BCUT2D eigenvalue weighted by atomic mass is 32.2. The van der Waals surface area contributed by atoms with Gasteiger partial charge in [0.25, 0.3) is 0 Å². The van der Waals surface area contributed by atoms with E-state index in [1.807, 2.05) is 48.5 Å². The first kappa shape index (κ1) is 18.1. The van der Waals surface area contributed by atoms with Gasteiger partial charge in [-0.3, -0.25) is 0 Å². The second kappa shape index (κ2) is 8.11. The Balaban J connectivity index is 2.15. The molecule has 132 valence electrons. The predicted octanol–water partition coefficient (Wildman–Crippen LogP) is 5.60. The van der Waals surface area contributed by atoms with Gasteiger partial charge >= 0.3 is 5.97 Å². The molecule has 4 heteroatoms. The lowest BCUT2D eigenvalue weighted by atomic mass is 9.93. The molecule has 3 nitrogen and oxygen atoms in total. The van der Waals surface area contributed by atoms with Crippen LogP contribution in [0.2, 0.25) is 0 Å². The number of aromatic carboxylic acids is 1. The van der Waals surface area contributed by atoms with Gasteiger partial charge in [0.15, 0.2) is 0 Å². The maximum atomic E-state index is 11.3. The van der Waals surface area contributed by atoms with Gasteiger partial charge in [0.05, 0.1) is 10.8 Å². The monoisotopic (exact) mass is 364 g/mol. The number of carboxylic acid groups (broad SMARTS) is 1. The fraction of sp³-hybridized carbons (Fsp3) is 0.136. The average molecular weight is 364 g/mol. The van der Waals surface area contributed by atoms with E-state index in [2.05, 4.69) is 6.92 Å². The van der Waals surface area contributed by atoms with Crippen LogP contribution in [0.4, 0.5) is 0 Å². The normalized spacial score (nSPS) is 11.9. The van der Waals surface area contributed by atoms with Crippen molar-refractivity contribution < 1.29 is 15.0 Å². The molecular weight excluding hydrogens is 344 g/mol. The molecule has 0 spiro atoms. The topological polar surface area (TPSA) is 57.5 Å². The van der Waals surface area contributed by atoms with E-state index in [0.717, 1.165) is 28.0 Å². The minimum Gasteiger partial charge on any atom is -0.508 e. The van der Waals surface area contributed by atoms with Gasteiger partial charge in [-0.25, -0.2) is 4.79 Å². The number of carboxylic acids is 1. The molecule has 0 radical (unpaired) electrons. The highest BCUT2D eigenvalue weighted by Gasteiger charge is 2.21. The molecule has 0 bridgehead atoms.